The molecular formula is C13H11F3N2O2. The molecule has 1 N–H and O–H groups in total. The minimum Gasteiger partial charge on any atom is -0.492 e. The number of ether oxygens (including phenoxy) is 1. The molecule has 20 heavy (non-hydrogen) atoms. The highest BCUT2D eigenvalue weighted by molar-refractivity contribution is 5.60. The Hall–Kier alpha value is -2.31. The van der Waals surface area contributed by atoms with Crippen LogP contribution in [0.5, 0.6) is 5.75 Å². The molecule has 4 nitrogen and oxygen atoms in total. The molecule has 2 aromatic rings. The van der Waals surface area contributed by atoms with Gasteiger partial charge in [0.25, 0.3) is 0 Å². The first kappa shape index (κ1) is 14.1. The second kappa shape index (κ2) is 5.36. The molecule has 0 amide bonds. The molecule has 0 atom stereocenters. The van der Waals surface area contributed by atoms with Gasteiger partial charge in [0.2, 0.25) is 5.56 Å². The van der Waals surface area contributed by atoms with E-state index in [9.17, 15) is 18.0 Å². The van der Waals surface area contributed by atoms with Gasteiger partial charge in [0, 0.05) is 17.8 Å². The fourth-order valence-corrected chi connectivity index (χ4v) is 1.67. The largest absolute Gasteiger partial charge is 0.492 e. The average Bonchev–Trinajstić information content (AvgIpc) is 2.38. The van der Waals surface area contributed by atoms with Crippen molar-refractivity contribution < 1.29 is 17.9 Å². The molecule has 0 aliphatic heterocycles. The summed E-state index contributed by atoms with van der Waals surface area (Å²) in [6.45, 7) is 2.18. The first-order valence-electron chi connectivity index (χ1n) is 5.80. The Morgan fingerprint density at radius 3 is 2.65 bits per heavy atom. The van der Waals surface area contributed by atoms with Gasteiger partial charge in [-0.2, -0.15) is 13.2 Å². The van der Waals surface area contributed by atoms with Crippen LogP contribution in [0.25, 0.3) is 11.3 Å². The summed E-state index contributed by atoms with van der Waals surface area (Å²) >= 11 is 0. The van der Waals surface area contributed by atoms with E-state index in [0.29, 0.717) is 24.0 Å². The van der Waals surface area contributed by atoms with Crippen molar-refractivity contribution in [1.82, 2.24) is 9.97 Å². The van der Waals surface area contributed by atoms with Crippen molar-refractivity contribution in [2.24, 2.45) is 0 Å². The maximum absolute atomic E-state index is 12.7. The van der Waals surface area contributed by atoms with Crippen molar-refractivity contribution in [2.75, 3.05) is 6.61 Å². The number of aromatic amines is 1. The van der Waals surface area contributed by atoms with Gasteiger partial charge >= 0.3 is 6.18 Å². The third-order valence-electron chi connectivity index (χ3n) is 2.51. The summed E-state index contributed by atoms with van der Waals surface area (Å²) in [5.74, 6) is 0.420. The molecule has 0 fully saturated rings. The Morgan fingerprint density at radius 1 is 1.25 bits per heavy atom. The maximum atomic E-state index is 12.7. The molecule has 2 aromatic heterocycles. The summed E-state index contributed by atoms with van der Waals surface area (Å²) < 4.78 is 43.2. The summed E-state index contributed by atoms with van der Waals surface area (Å²) in [5.41, 5.74) is -1.44. The van der Waals surface area contributed by atoms with E-state index in [0.717, 1.165) is 6.07 Å². The third kappa shape index (κ3) is 3.17. The zero-order valence-corrected chi connectivity index (χ0v) is 10.5. The third-order valence-corrected chi connectivity index (χ3v) is 2.51. The van der Waals surface area contributed by atoms with Gasteiger partial charge in [-0.05, 0) is 19.1 Å². The second-order valence-electron chi connectivity index (χ2n) is 3.99. The monoisotopic (exact) mass is 284 g/mol. The van der Waals surface area contributed by atoms with Crippen LogP contribution in [0, 0.1) is 0 Å². The number of hydrogen-bond donors (Lipinski definition) is 1. The van der Waals surface area contributed by atoms with Crippen molar-refractivity contribution >= 4 is 0 Å². The molecule has 0 aliphatic rings. The predicted octanol–water partition coefficient (Wildman–Crippen LogP) is 2.85. The van der Waals surface area contributed by atoms with Gasteiger partial charge in [0.1, 0.15) is 5.75 Å². The first-order valence-corrected chi connectivity index (χ1v) is 5.80. The summed E-state index contributed by atoms with van der Waals surface area (Å²) in [7, 11) is 0. The SMILES string of the molecule is CCOc1cncc(-c2cc(C(F)(F)F)cc(=O)[nH]2)c1. The van der Waals surface area contributed by atoms with Gasteiger partial charge < -0.3 is 9.72 Å². The number of nitrogens with zero attached hydrogens (tertiary/aromatic N) is 1. The first-order chi connectivity index (χ1) is 9.40. The summed E-state index contributed by atoms with van der Waals surface area (Å²) in [5, 5.41) is 0. The van der Waals surface area contributed by atoms with Crippen LogP contribution in [0.15, 0.2) is 35.4 Å². The Balaban J connectivity index is 2.50. The van der Waals surface area contributed by atoms with Gasteiger partial charge in [-0.15, -0.1) is 0 Å². The predicted molar refractivity (Wildman–Crippen MR) is 66.5 cm³/mol. The summed E-state index contributed by atoms with van der Waals surface area (Å²) in [4.78, 5) is 17.6. The zero-order valence-electron chi connectivity index (χ0n) is 10.5. The minimum absolute atomic E-state index is 0.0406. The number of nitrogens with one attached hydrogen (secondary N) is 1. The van der Waals surface area contributed by atoms with E-state index in [1.54, 1.807) is 6.92 Å². The molecule has 0 spiro atoms. The number of aromatic nitrogens is 2. The Bertz CT molecular complexity index is 665. The van der Waals surface area contributed by atoms with Crippen molar-refractivity contribution in [1.29, 1.82) is 0 Å². The molecule has 0 saturated heterocycles. The molecular weight excluding hydrogens is 273 g/mol. The van der Waals surface area contributed by atoms with E-state index in [1.807, 2.05) is 0 Å². The van der Waals surface area contributed by atoms with Crippen LogP contribution in [0.4, 0.5) is 13.2 Å². The lowest BCUT2D eigenvalue weighted by atomic mass is 10.1. The topological polar surface area (TPSA) is 55.0 Å². The molecule has 0 aliphatic carbocycles. The van der Waals surface area contributed by atoms with Crippen LogP contribution in [0.2, 0.25) is 0 Å². The molecule has 106 valence electrons. The zero-order chi connectivity index (χ0) is 14.8. The van der Waals surface area contributed by atoms with Crippen LogP contribution in [0.1, 0.15) is 12.5 Å². The fourth-order valence-electron chi connectivity index (χ4n) is 1.67. The van der Waals surface area contributed by atoms with Crippen LogP contribution >= 0.6 is 0 Å². The van der Waals surface area contributed by atoms with Crippen molar-refractivity contribution in [3.8, 4) is 17.0 Å². The van der Waals surface area contributed by atoms with E-state index in [2.05, 4.69) is 9.97 Å². The molecule has 2 rings (SSSR count). The number of hydrogen-bond acceptors (Lipinski definition) is 3. The lowest BCUT2D eigenvalue weighted by Gasteiger charge is -2.09. The Labute approximate surface area is 112 Å². The van der Waals surface area contributed by atoms with Gasteiger partial charge in [-0.3, -0.25) is 9.78 Å². The number of pyridine rings is 2. The lowest BCUT2D eigenvalue weighted by molar-refractivity contribution is -0.137. The summed E-state index contributed by atoms with van der Waals surface area (Å²) in [6.07, 6.45) is -1.78. The quantitative estimate of drug-likeness (QED) is 0.943. The molecule has 0 saturated carbocycles. The van der Waals surface area contributed by atoms with E-state index < -0.39 is 17.3 Å². The molecule has 2 heterocycles. The normalized spacial score (nSPS) is 11.4. The van der Waals surface area contributed by atoms with Crippen LogP contribution < -0.4 is 10.3 Å². The minimum atomic E-state index is -4.58. The molecule has 0 aromatic carbocycles. The fraction of sp³-hybridized carbons (Fsp3) is 0.231. The number of rotatable bonds is 3. The van der Waals surface area contributed by atoms with Crippen molar-refractivity contribution in [2.45, 2.75) is 13.1 Å². The molecule has 0 unspecified atom stereocenters. The molecule has 0 bridgehead atoms. The average molecular weight is 284 g/mol. The van der Waals surface area contributed by atoms with Gasteiger partial charge in [-0.1, -0.05) is 0 Å². The van der Waals surface area contributed by atoms with Crippen LogP contribution in [0.3, 0.4) is 0 Å². The second-order valence-corrected chi connectivity index (χ2v) is 3.99. The van der Waals surface area contributed by atoms with E-state index in [-0.39, 0.29) is 5.69 Å². The van der Waals surface area contributed by atoms with Gasteiger partial charge in [-0.25, -0.2) is 0 Å². The van der Waals surface area contributed by atoms with Crippen molar-refractivity contribution in [3.05, 3.63) is 46.5 Å². The van der Waals surface area contributed by atoms with Crippen molar-refractivity contribution in [3.63, 3.8) is 0 Å². The summed E-state index contributed by atoms with van der Waals surface area (Å²) in [6, 6.07) is 2.90. The lowest BCUT2D eigenvalue weighted by Crippen LogP contribution is -2.13. The smallest absolute Gasteiger partial charge is 0.416 e. The van der Waals surface area contributed by atoms with E-state index >= 15 is 0 Å². The van der Waals surface area contributed by atoms with Crippen LogP contribution in [-0.2, 0) is 6.18 Å². The number of alkyl halides is 3. The highest BCUT2D eigenvalue weighted by Gasteiger charge is 2.31. The number of halogens is 3. The number of H-pyrrole nitrogens is 1. The van der Waals surface area contributed by atoms with E-state index in [1.165, 1.54) is 18.5 Å². The standard InChI is InChI=1S/C13H11F3N2O2/c1-2-20-10-3-8(6-17-7-10)11-4-9(13(14,15)16)5-12(19)18-11/h3-7H,2H2,1H3,(H,18,19). The maximum Gasteiger partial charge on any atom is 0.416 e. The Kier molecular flexibility index (Phi) is 3.78. The molecule has 7 heteroatoms. The van der Waals surface area contributed by atoms with Crippen LogP contribution in [-0.4, -0.2) is 16.6 Å². The Morgan fingerprint density at radius 2 is 2.00 bits per heavy atom. The van der Waals surface area contributed by atoms with Gasteiger partial charge in [0.05, 0.1) is 24.1 Å². The highest BCUT2D eigenvalue weighted by Crippen LogP contribution is 2.30. The van der Waals surface area contributed by atoms with Gasteiger partial charge in [0.15, 0.2) is 0 Å². The molecule has 0 radical (unpaired) electrons. The highest BCUT2D eigenvalue weighted by atomic mass is 19.4. The van der Waals surface area contributed by atoms with E-state index in [4.69, 9.17) is 4.74 Å².